The minimum atomic E-state index is -0.842. The van der Waals surface area contributed by atoms with Crippen LogP contribution in [0.25, 0.3) is 10.9 Å². The molecule has 4 rings (SSSR count). The van der Waals surface area contributed by atoms with Gasteiger partial charge in [0.2, 0.25) is 0 Å². The lowest BCUT2D eigenvalue weighted by atomic mass is 9.80. The van der Waals surface area contributed by atoms with E-state index in [4.69, 9.17) is 0 Å². The monoisotopic (exact) mass is 320 g/mol. The third kappa shape index (κ3) is 2.22. The lowest BCUT2D eigenvalue weighted by molar-refractivity contribution is 0.0850. The van der Waals surface area contributed by atoms with Gasteiger partial charge in [-0.2, -0.15) is 0 Å². The van der Waals surface area contributed by atoms with E-state index in [1.807, 2.05) is 30.3 Å². The third-order valence-corrected chi connectivity index (χ3v) is 4.60. The molecule has 1 atom stereocenters. The maximum Gasteiger partial charge on any atom is 0.185 e. The Morgan fingerprint density at radius 3 is 2.75 bits per heavy atom. The number of fused-ring (bicyclic) bond motifs is 2. The Labute approximate surface area is 139 Å². The second kappa shape index (κ2) is 5.21. The standard InChI is InChI=1S/C20H17FN2O/c1-20(2)19(24)17-14(7-5-8-15(17)21)18(23-20)13-10-12-6-3-4-9-16(12)22-11-13/h3-11,18,23H,1-2H3. The number of rotatable bonds is 1. The molecule has 1 aromatic heterocycles. The Kier molecular flexibility index (Phi) is 3.25. The molecule has 3 nitrogen and oxygen atoms in total. The largest absolute Gasteiger partial charge is 0.294 e. The molecule has 1 N–H and O–H groups in total. The smallest absolute Gasteiger partial charge is 0.185 e. The number of hydrogen-bond donors (Lipinski definition) is 1. The van der Waals surface area contributed by atoms with Crippen LogP contribution in [0.1, 0.15) is 41.4 Å². The summed E-state index contributed by atoms with van der Waals surface area (Å²) in [5.41, 5.74) is 1.83. The quantitative estimate of drug-likeness (QED) is 0.736. The van der Waals surface area contributed by atoms with Crippen molar-refractivity contribution in [2.45, 2.75) is 25.4 Å². The van der Waals surface area contributed by atoms with Crippen molar-refractivity contribution >= 4 is 16.7 Å². The highest BCUT2D eigenvalue weighted by atomic mass is 19.1. The first-order chi connectivity index (χ1) is 11.5. The van der Waals surface area contributed by atoms with Gasteiger partial charge < -0.3 is 0 Å². The van der Waals surface area contributed by atoms with E-state index in [9.17, 15) is 9.18 Å². The highest BCUT2D eigenvalue weighted by Crippen LogP contribution is 2.36. The minimum absolute atomic E-state index is 0.180. The molecule has 0 spiro atoms. The van der Waals surface area contributed by atoms with Crippen LogP contribution in [0, 0.1) is 5.82 Å². The van der Waals surface area contributed by atoms with Crippen LogP contribution < -0.4 is 5.32 Å². The number of carbonyl (C=O) groups is 1. The molecule has 0 radical (unpaired) electrons. The number of para-hydroxylation sites is 1. The number of Topliss-reactive ketones (excluding diaryl/α,β-unsaturated/α-hetero) is 1. The van der Waals surface area contributed by atoms with Gasteiger partial charge in [0, 0.05) is 11.6 Å². The van der Waals surface area contributed by atoms with Crippen LogP contribution >= 0.6 is 0 Å². The summed E-state index contributed by atoms with van der Waals surface area (Å²) in [6, 6.07) is 14.4. The van der Waals surface area contributed by atoms with Crippen molar-refractivity contribution in [1.82, 2.24) is 10.3 Å². The van der Waals surface area contributed by atoms with Crippen molar-refractivity contribution in [2.75, 3.05) is 0 Å². The topological polar surface area (TPSA) is 42.0 Å². The van der Waals surface area contributed by atoms with Crippen molar-refractivity contribution in [3.63, 3.8) is 0 Å². The summed E-state index contributed by atoms with van der Waals surface area (Å²) in [5.74, 6) is -0.688. The Balaban J connectivity index is 1.92. The highest BCUT2D eigenvalue weighted by Gasteiger charge is 2.41. The van der Waals surface area contributed by atoms with E-state index in [-0.39, 0.29) is 17.4 Å². The molecule has 2 heterocycles. The Morgan fingerprint density at radius 1 is 1.12 bits per heavy atom. The number of nitrogens with zero attached hydrogens (tertiary/aromatic N) is 1. The van der Waals surface area contributed by atoms with Crippen LogP contribution in [0.4, 0.5) is 4.39 Å². The fourth-order valence-electron chi connectivity index (χ4n) is 3.35. The van der Waals surface area contributed by atoms with Crippen molar-refractivity contribution in [3.8, 4) is 0 Å². The zero-order chi connectivity index (χ0) is 16.9. The molecule has 4 heteroatoms. The van der Waals surface area contributed by atoms with Gasteiger partial charge in [0.05, 0.1) is 22.7 Å². The summed E-state index contributed by atoms with van der Waals surface area (Å²) in [5, 5.41) is 4.37. The van der Waals surface area contributed by atoms with Crippen molar-refractivity contribution in [3.05, 3.63) is 77.2 Å². The van der Waals surface area contributed by atoms with E-state index in [0.717, 1.165) is 16.5 Å². The van der Waals surface area contributed by atoms with Crippen molar-refractivity contribution in [2.24, 2.45) is 0 Å². The van der Waals surface area contributed by atoms with E-state index in [0.29, 0.717) is 5.56 Å². The number of carbonyl (C=O) groups excluding carboxylic acids is 1. The van der Waals surface area contributed by atoms with Crippen LogP contribution in [0.5, 0.6) is 0 Å². The van der Waals surface area contributed by atoms with Crippen LogP contribution in [0.3, 0.4) is 0 Å². The van der Waals surface area contributed by atoms with E-state index in [2.05, 4.69) is 10.3 Å². The van der Waals surface area contributed by atoms with Gasteiger partial charge in [-0.3, -0.25) is 15.1 Å². The van der Waals surface area contributed by atoms with Crippen molar-refractivity contribution in [1.29, 1.82) is 0 Å². The van der Waals surface area contributed by atoms with Gasteiger partial charge in [-0.25, -0.2) is 4.39 Å². The molecule has 1 aliphatic rings. The van der Waals surface area contributed by atoms with Gasteiger partial charge in [-0.05, 0) is 43.2 Å². The summed E-state index contributed by atoms with van der Waals surface area (Å²) in [6.45, 7) is 3.57. The van der Waals surface area contributed by atoms with Gasteiger partial charge in [-0.1, -0.05) is 30.3 Å². The molecule has 120 valence electrons. The summed E-state index contributed by atoms with van der Waals surface area (Å²) in [4.78, 5) is 17.1. The van der Waals surface area contributed by atoms with Gasteiger partial charge in [0.25, 0.3) is 0 Å². The van der Waals surface area contributed by atoms with Crippen LogP contribution in [-0.2, 0) is 0 Å². The van der Waals surface area contributed by atoms with E-state index < -0.39 is 11.4 Å². The van der Waals surface area contributed by atoms with Gasteiger partial charge in [0.15, 0.2) is 5.78 Å². The first-order valence-corrected chi connectivity index (χ1v) is 7.93. The van der Waals surface area contributed by atoms with Crippen LogP contribution in [-0.4, -0.2) is 16.3 Å². The minimum Gasteiger partial charge on any atom is -0.294 e. The summed E-state index contributed by atoms with van der Waals surface area (Å²) >= 11 is 0. The zero-order valence-electron chi connectivity index (χ0n) is 13.5. The number of halogens is 1. The molecule has 2 aromatic carbocycles. The average Bonchev–Trinajstić information content (AvgIpc) is 2.58. The molecule has 0 bridgehead atoms. The molecular weight excluding hydrogens is 303 g/mol. The van der Waals surface area contributed by atoms with Gasteiger partial charge >= 0.3 is 0 Å². The van der Waals surface area contributed by atoms with Crippen molar-refractivity contribution < 1.29 is 9.18 Å². The number of benzene rings is 2. The molecular formula is C20H17FN2O. The molecule has 24 heavy (non-hydrogen) atoms. The van der Waals surface area contributed by atoms with E-state index in [1.54, 1.807) is 32.2 Å². The predicted molar refractivity (Wildman–Crippen MR) is 91.5 cm³/mol. The fraction of sp³-hybridized carbons (Fsp3) is 0.200. The predicted octanol–water partition coefficient (Wildman–Crippen LogP) is 4.03. The maximum absolute atomic E-state index is 14.3. The molecule has 3 aromatic rings. The molecule has 1 aliphatic heterocycles. The molecule has 1 unspecified atom stereocenters. The number of nitrogens with one attached hydrogen (secondary N) is 1. The molecule has 0 aliphatic carbocycles. The molecule has 0 saturated heterocycles. The first-order valence-electron chi connectivity index (χ1n) is 7.93. The lowest BCUT2D eigenvalue weighted by Gasteiger charge is -2.37. The maximum atomic E-state index is 14.3. The zero-order valence-corrected chi connectivity index (χ0v) is 13.5. The molecule has 0 saturated carbocycles. The normalized spacial score (nSPS) is 19.3. The van der Waals surface area contributed by atoms with Gasteiger partial charge in [-0.15, -0.1) is 0 Å². The van der Waals surface area contributed by atoms with Gasteiger partial charge in [0.1, 0.15) is 5.82 Å². The van der Waals surface area contributed by atoms with Crippen LogP contribution in [0.2, 0.25) is 0 Å². The Bertz CT molecular complexity index is 965. The highest BCUT2D eigenvalue weighted by molar-refractivity contribution is 6.05. The summed E-state index contributed by atoms with van der Waals surface area (Å²) < 4.78 is 14.3. The Morgan fingerprint density at radius 2 is 1.92 bits per heavy atom. The van der Waals surface area contributed by atoms with Crippen LogP contribution in [0.15, 0.2) is 54.7 Å². The van der Waals surface area contributed by atoms with E-state index >= 15 is 0 Å². The number of aromatic nitrogens is 1. The number of hydrogen-bond acceptors (Lipinski definition) is 3. The average molecular weight is 320 g/mol. The third-order valence-electron chi connectivity index (χ3n) is 4.60. The summed E-state index contributed by atoms with van der Waals surface area (Å²) in [6.07, 6.45) is 1.79. The molecule has 0 amide bonds. The second-order valence-corrected chi connectivity index (χ2v) is 6.70. The fourth-order valence-corrected chi connectivity index (χ4v) is 3.35. The SMILES string of the molecule is CC1(C)NC(c2cnc3ccccc3c2)c2cccc(F)c2C1=O. The van der Waals surface area contributed by atoms with E-state index in [1.165, 1.54) is 6.07 Å². The lowest BCUT2D eigenvalue weighted by Crippen LogP contribution is -2.53. The molecule has 0 fully saturated rings. The second-order valence-electron chi connectivity index (χ2n) is 6.70. The first kappa shape index (κ1) is 15.0. The number of ketones is 1. The number of pyridine rings is 1. The Hall–Kier alpha value is -2.59. The summed E-state index contributed by atoms with van der Waals surface area (Å²) in [7, 11) is 0.